The van der Waals surface area contributed by atoms with Crippen molar-refractivity contribution >= 4 is 8.80 Å². The Bertz CT molecular complexity index is 161. The molecule has 0 amide bonds. The highest BCUT2D eigenvalue weighted by molar-refractivity contribution is 6.60. The van der Waals surface area contributed by atoms with Crippen LogP contribution in [0.1, 0.15) is 52.9 Å². The zero-order chi connectivity index (χ0) is 13.7. The minimum atomic E-state index is -2.41. The van der Waals surface area contributed by atoms with Gasteiger partial charge in [0, 0.05) is 32.5 Å². The van der Waals surface area contributed by atoms with E-state index < -0.39 is 8.80 Å². The third-order valence-electron chi connectivity index (χ3n) is 2.73. The van der Waals surface area contributed by atoms with Gasteiger partial charge in [-0.2, -0.15) is 0 Å². The predicted octanol–water partition coefficient (Wildman–Crippen LogP) is 2.98. The van der Waals surface area contributed by atoms with Gasteiger partial charge in [0.25, 0.3) is 0 Å². The average Bonchev–Trinajstić information content (AvgIpc) is 2.35. The fourth-order valence-electron chi connectivity index (χ4n) is 1.98. The monoisotopic (exact) mass is 278 g/mol. The highest BCUT2D eigenvalue weighted by atomic mass is 28.4. The summed E-state index contributed by atoms with van der Waals surface area (Å²) >= 11 is 0. The van der Waals surface area contributed by atoms with Crippen molar-refractivity contribution in [1.29, 1.82) is 0 Å². The van der Waals surface area contributed by atoms with Crippen molar-refractivity contribution in [2.45, 2.75) is 58.9 Å². The standard InChI is InChI=1S/C13H30O4Si/c1-4-15-18(16-5-2,17-6-3)13-11-9-7-8-10-12-14/h14H,4-13H2,1-3H3. The first-order chi connectivity index (χ1) is 8.74. The quantitative estimate of drug-likeness (QED) is 0.415. The van der Waals surface area contributed by atoms with Crippen molar-refractivity contribution in [3.8, 4) is 0 Å². The van der Waals surface area contributed by atoms with Gasteiger partial charge in [0.05, 0.1) is 0 Å². The summed E-state index contributed by atoms with van der Waals surface area (Å²) in [7, 11) is -2.41. The maximum absolute atomic E-state index is 8.71. The number of aliphatic hydroxyl groups is 1. The molecule has 0 radical (unpaired) electrons. The molecule has 110 valence electrons. The molecule has 18 heavy (non-hydrogen) atoms. The van der Waals surface area contributed by atoms with Crippen LogP contribution in [-0.4, -0.2) is 40.3 Å². The number of aliphatic hydroxyl groups excluding tert-OH is 1. The molecular formula is C13H30O4Si. The van der Waals surface area contributed by atoms with Gasteiger partial charge in [-0.3, -0.25) is 0 Å². The zero-order valence-corrected chi connectivity index (χ0v) is 13.2. The summed E-state index contributed by atoms with van der Waals surface area (Å²) < 4.78 is 17.4. The van der Waals surface area contributed by atoms with Gasteiger partial charge in [-0.1, -0.05) is 19.3 Å². The molecule has 4 nitrogen and oxygen atoms in total. The number of hydrogen-bond acceptors (Lipinski definition) is 4. The van der Waals surface area contributed by atoms with Gasteiger partial charge < -0.3 is 18.4 Å². The third kappa shape index (κ3) is 8.21. The van der Waals surface area contributed by atoms with Crippen molar-refractivity contribution in [1.82, 2.24) is 0 Å². The number of unbranched alkanes of at least 4 members (excludes halogenated alkanes) is 4. The maximum Gasteiger partial charge on any atom is 0.500 e. The zero-order valence-electron chi connectivity index (χ0n) is 12.2. The summed E-state index contributed by atoms with van der Waals surface area (Å²) in [4.78, 5) is 0. The molecule has 0 rings (SSSR count). The predicted molar refractivity (Wildman–Crippen MR) is 75.6 cm³/mol. The molecular weight excluding hydrogens is 248 g/mol. The topological polar surface area (TPSA) is 47.9 Å². The van der Waals surface area contributed by atoms with E-state index in [-0.39, 0.29) is 0 Å². The van der Waals surface area contributed by atoms with Crippen molar-refractivity contribution < 1.29 is 18.4 Å². The molecule has 0 aromatic carbocycles. The lowest BCUT2D eigenvalue weighted by Gasteiger charge is -2.28. The molecule has 5 heteroatoms. The average molecular weight is 278 g/mol. The highest BCUT2D eigenvalue weighted by Gasteiger charge is 2.39. The smallest absolute Gasteiger partial charge is 0.396 e. The van der Waals surface area contributed by atoms with E-state index in [4.69, 9.17) is 18.4 Å². The summed E-state index contributed by atoms with van der Waals surface area (Å²) in [5, 5.41) is 8.71. The van der Waals surface area contributed by atoms with Crippen molar-refractivity contribution in [2.24, 2.45) is 0 Å². The molecule has 0 spiro atoms. The van der Waals surface area contributed by atoms with E-state index in [2.05, 4.69) is 0 Å². The Hall–Kier alpha value is 0.0569. The SMILES string of the molecule is CCO[Si](CCCCCCCO)(OCC)OCC. The van der Waals surface area contributed by atoms with E-state index >= 15 is 0 Å². The van der Waals surface area contributed by atoms with Crippen LogP contribution in [0.15, 0.2) is 0 Å². The van der Waals surface area contributed by atoms with Crippen molar-refractivity contribution in [3.63, 3.8) is 0 Å². The molecule has 0 saturated carbocycles. The molecule has 0 aromatic heterocycles. The Kier molecular flexibility index (Phi) is 12.1. The van der Waals surface area contributed by atoms with Crippen molar-refractivity contribution in [3.05, 3.63) is 0 Å². The highest BCUT2D eigenvalue weighted by Crippen LogP contribution is 2.20. The van der Waals surface area contributed by atoms with Gasteiger partial charge in [-0.05, 0) is 33.6 Å². The third-order valence-corrected chi connectivity index (χ3v) is 5.89. The Morgan fingerprint density at radius 2 is 1.17 bits per heavy atom. The summed E-state index contributed by atoms with van der Waals surface area (Å²) in [6.45, 7) is 8.21. The van der Waals surface area contributed by atoms with E-state index in [9.17, 15) is 0 Å². The molecule has 0 aliphatic carbocycles. The summed E-state index contributed by atoms with van der Waals surface area (Å²) in [5.74, 6) is 0. The Morgan fingerprint density at radius 3 is 1.61 bits per heavy atom. The largest absolute Gasteiger partial charge is 0.500 e. The van der Waals surface area contributed by atoms with E-state index in [1.807, 2.05) is 20.8 Å². The van der Waals surface area contributed by atoms with E-state index in [1.54, 1.807) is 0 Å². The first kappa shape index (κ1) is 18.1. The van der Waals surface area contributed by atoms with Crippen LogP contribution in [0.2, 0.25) is 6.04 Å². The van der Waals surface area contributed by atoms with Crippen LogP contribution in [0.4, 0.5) is 0 Å². The summed E-state index contributed by atoms with van der Waals surface area (Å²) in [5.41, 5.74) is 0. The molecule has 0 aliphatic rings. The first-order valence-electron chi connectivity index (χ1n) is 7.27. The minimum absolute atomic E-state index is 0.301. The van der Waals surface area contributed by atoms with Crippen LogP contribution in [0, 0.1) is 0 Å². The fraction of sp³-hybridized carbons (Fsp3) is 1.00. The van der Waals surface area contributed by atoms with Crippen LogP contribution in [0.5, 0.6) is 0 Å². The van der Waals surface area contributed by atoms with Crippen LogP contribution in [-0.2, 0) is 13.3 Å². The lowest BCUT2D eigenvalue weighted by atomic mass is 10.2. The Morgan fingerprint density at radius 1 is 0.722 bits per heavy atom. The normalized spacial score (nSPS) is 12.0. The van der Waals surface area contributed by atoms with Crippen LogP contribution in [0.25, 0.3) is 0 Å². The molecule has 0 aliphatic heterocycles. The molecule has 0 fully saturated rings. The number of hydrogen-bond donors (Lipinski definition) is 1. The molecule has 0 saturated heterocycles. The summed E-state index contributed by atoms with van der Waals surface area (Å²) in [6, 6.07) is 0.904. The fourth-order valence-corrected chi connectivity index (χ4v) is 4.67. The number of rotatable bonds is 13. The Balaban J connectivity index is 3.97. The van der Waals surface area contributed by atoms with E-state index in [1.165, 1.54) is 0 Å². The molecule has 0 aromatic rings. The van der Waals surface area contributed by atoms with Crippen LogP contribution in [0.3, 0.4) is 0 Å². The first-order valence-corrected chi connectivity index (χ1v) is 9.20. The summed E-state index contributed by atoms with van der Waals surface area (Å²) in [6.07, 6.45) is 5.41. The van der Waals surface area contributed by atoms with Gasteiger partial charge >= 0.3 is 8.80 Å². The molecule has 0 unspecified atom stereocenters. The van der Waals surface area contributed by atoms with E-state index in [0.29, 0.717) is 26.4 Å². The molecule has 0 atom stereocenters. The molecule has 1 N–H and O–H groups in total. The maximum atomic E-state index is 8.71. The van der Waals surface area contributed by atoms with E-state index in [0.717, 1.165) is 38.1 Å². The van der Waals surface area contributed by atoms with Gasteiger partial charge in [-0.15, -0.1) is 0 Å². The second kappa shape index (κ2) is 12.1. The second-order valence-electron chi connectivity index (χ2n) is 4.22. The lowest BCUT2D eigenvalue weighted by Crippen LogP contribution is -2.45. The van der Waals surface area contributed by atoms with Gasteiger partial charge in [-0.25, -0.2) is 0 Å². The second-order valence-corrected chi connectivity index (χ2v) is 6.96. The van der Waals surface area contributed by atoms with Gasteiger partial charge in [0.15, 0.2) is 0 Å². The Labute approximate surface area is 113 Å². The van der Waals surface area contributed by atoms with Gasteiger partial charge in [0.1, 0.15) is 0 Å². The van der Waals surface area contributed by atoms with Gasteiger partial charge in [0.2, 0.25) is 0 Å². The molecule has 0 heterocycles. The minimum Gasteiger partial charge on any atom is -0.396 e. The van der Waals surface area contributed by atoms with Crippen LogP contribution >= 0.6 is 0 Å². The molecule has 0 bridgehead atoms. The van der Waals surface area contributed by atoms with Crippen molar-refractivity contribution in [2.75, 3.05) is 26.4 Å². The lowest BCUT2D eigenvalue weighted by molar-refractivity contribution is 0.0706. The van der Waals surface area contributed by atoms with Crippen LogP contribution < -0.4 is 0 Å².